The van der Waals surface area contributed by atoms with Gasteiger partial charge in [-0.3, -0.25) is 4.79 Å². The van der Waals surface area contributed by atoms with Crippen LogP contribution in [-0.2, 0) is 9.59 Å². The Morgan fingerprint density at radius 2 is 1.81 bits per heavy atom. The second-order valence-corrected chi connectivity index (χ2v) is 4.42. The minimum absolute atomic E-state index is 0.0138. The molecule has 0 atom stereocenters. The number of carboxylic acid groups (broad SMARTS) is 1. The van der Waals surface area contributed by atoms with Crippen molar-refractivity contribution in [2.45, 2.75) is 52.5 Å². The summed E-state index contributed by atoms with van der Waals surface area (Å²) < 4.78 is 0. The van der Waals surface area contributed by atoms with Gasteiger partial charge < -0.3 is 10.0 Å². The van der Waals surface area contributed by atoms with E-state index in [1.165, 1.54) is 6.92 Å². The van der Waals surface area contributed by atoms with Crippen LogP contribution in [0.5, 0.6) is 0 Å². The number of amides is 1. The monoisotopic (exact) mass is 225 g/mol. The molecule has 0 saturated heterocycles. The lowest BCUT2D eigenvalue weighted by Gasteiger charge is -2.31. The molecule has 1 amide bonds. The van der Waals surface area contributed by atoms with E-state index in [-0.39, 0.29) is 11.9 Å². The molecule has 0 aliphatic heterocycles. The number of aliphatic carboxylic acids is 1. The number of allylic oxidation sites excluding steroid dienone is 1. The molecule has 0 heterocycles. The lowest BCUT2D eigenvalue weighted by molar-refractivity contribution is -0.133. The van der Waals surface area contributed by atoms with E-state index in [9.17, 15) is 9.59 Å². The third-order valence-electron chi connectivity index (χ3n) is 2.84. The molecule has 0 spiro atoms. The van der Waals surface area contributed by atoms with Crippen LogP contribution in [0.4, 0.5) is 0 Å². The summed E-state index contributed by atoms with van der Waals surface area (Å²) in [6.45, 7) is 5.30. The number of carbonyl (C=O) groups is 2. The molecule has 4 heteroatoms. The van der Waals surface area contributed by atoms with Crippen LogP contribution < -0.4 is 0 Å². The van der Waals surface area contributed by atoms with Gasteiger partial charge >= 0.3 is 5.97 Å². The van der Waals surface area contributed by atoms with Crippen molar-refractivity contribution in [3.63, 3.8) is 0 Å². The predicted molar refractivity (Wildman–Crippen MR) is 60.8 cm³/mol. The highest BCUT2D eigenvalue weighted by Crippen LogP contribution is 2.29. The molecule has 0 radical (unpaired) electrons. The Balaban J connectivity index is 3.13. The highest BCUT2D eigenvalue weighted by atomic mass is 16.4. The lowest BCUT2D eigenvalue weighted by atomic mass is 9.94. The zero-order valence-corrected chi connectivity index (χ0v) is 10.1. The summed E-state index contributed by atoms with van der Waals surface area (Å²) >= 11 is 0. The van der Waals surface area contributed by atoms with Gasteiger partial charge in [-0.1, -0.05) is 0 Å². The first-order valence-corrected chi connectivity index (χ1v) is 5.70. The highest BCUT2D eigenvalue weighted by Gasteiger charge is 2.26. The molecular formula is C12H19NO3. The van der Waals surface area contributed by atoms with Crippen molar-refractivity contribution in [2.75, 3.05) is 0 Å². The zero-order valence-electron chi connectivity index (χ0n) is 10.1. The van der Waals surface area contributed by atoms with E-state index in [2.05, 4.69) is 0 Å². The first-order valence-electron chi connectivity index (χ1n) is 5.70. The molecule has 1 aliphatic carbocycles. The molecule has 90 valence electrons. The zero-order chi connectivity index (χ0) is 12.3. The fourth-order valence-corrected chi connectivity index (χ4v) is 2.25. The van der Waals surface area contributed by atoms with Gasteiger partial charge in [0.05, 0.1) is 5.57 Å². The number of carboxylic acids is 1. The largest absolute Gasteiger partial charge is 0.478 e. The summed E-state index contributed by atoms with van der Waals surface area (Å²) in [5, 5.41) is 9.13. The first-order chi connectivity index (χ1) is 7.45. The normalized spacial score (nSPS) is 16.5. The Hall–Kier alpha value is -1.32. The molecule has 16 heavy (non-hydrogen) atoms. The fourth-order valence-electron chi connectivity index (χ4n) is 2.25. The van der Waals surface area contributed by atoms with Crippen molar-refractivity contribution in [2.24, 2.45) is 0 Å². The van der Waals surface area contributed by atoms with E-state index in [1.54, 1.807) is 4.90 Å². The Kier molecular flexibility index (Phi) is 4.10. The third kappa shape index (κ3) is 2.62. The molecule has 1 rings (SSSR count). The molecule has 0 aromatic rings. The summed E-state index contributed by atoms with van der Waals surface area (Å²) in [7, 11) is 0. The van der Waals surface area contributed by atoms with Crippen LogP contribution in [0.3, 0.4) is 0 Å². The number of carbonyl (C=O) groups excluding carboxylic acids is 1. The van der Waals surface area contributed by atoms with Crippen molar-refractivity contribution in [3.05, 3.63) is 11.3 Å². The molecule has 1 N–H and O–H groups in total. The quantitative estimate of drug-likeness (QED) is 0.800. The fraction of sp³-hybridized carbons (Fsp3) is 0.667. The number of hydrogen-bond acceptors (Lipinski definition) is 2. The van der Waals surface area contributed by atoms with Crippen molar-refractivity contribution >= 4 is 11.9 Å². The van der Waals surface area contributed by atoms with Gasteiger partial charge in [-0.2, -0.15) is 0 Å². The van der Waals surface area contributed by atoms with Crippen LogP contribution in [0.2, 0.25) is 0 Å². The van der Waals surface area contributed by atoms with E-state index in [4.69, 9.17) is 5.11 Å². The van der Waals surface area contributed by atoms with E-state index < -0.39 is 5.97 Å². The molecule has 0 aromatic heterocycles. The topological polar surface area (TPSA) is 57.6 Å². The number of nitrogens with zero attached hydrogens (tertiary/aromatic N) is 1. The van der Waals surface area contributed by atoms with Gasteiger partial charge in [0.2, 0.25) is 5.91 Å². The minimum Gasteiger partial charge on any atom is -0.478 e. The second-order valence-electron chi connectivity index (χ2n) is 4.42. The highest BCUT2D eigenvalue weighted by molar-refractivity contribution is 5.89. The van der Waals surface area contributed by atoms with Gasteiger partial charge in [-0.25, -0.2) is 4.79 Å². The predicted octanol–water partition coefficient (Wildman–Crippen LogP) is 2.16. The van der Waals surface area contributed by atoms with Gasteiger partial charge in [0.1, 0.15) is 0 Å². The molecule has 0 saturated carbocycles. The third-order valence-corrected chi connectivity index (χ3v) is 2.84. The van der Waals surface area contributed by atoms with Crippen LogP contribution in [0, 0.1) is 0 Å². The first kappa shape index (κ1) is 12.7. The van der Waals surface area contributed by atoms with Gasteiger partial charge in [0.25, 0.3) is 0 Å². The summed E-state index contributed by atoms with van der Waals surface area (Å²) in [6.07, 6.45) is 3.12. The van der Waals surface area contributed by atoms with Crippen LogP contribution in [0.15, 0.2) is 11.3 Å². The van der Waals surface area contributed by atoms with Gasteiger partial charge in [-0.05, 0) is 39.5 Å². The standard InChI is InChI=1S/C12H19NO3/c1-8(2)13(9(3)14)11-7-5-4-6-10(11)12(15)16/h8H,4-7H2,1-3H3,(H,15,16). The summed E-state index contributed by atoms with van der Waals surface area (Å²) in [5.41, 5.74) is 1.12. The number of hydrogen-bond donors (Lipinski definition) is 1. The molecule has 1 aliphatic rings. The van der Waals surface area contributed by atoms with E-state index in [1.807, 2.05) is 13.8 Å². The summed E-state index contributed by atoms with van der Waals surface area (Å²) in [5.74, 6) is -0.966. The van der Waals surface area contributed by atoms with Crippen LogP contribution in [-0.4, -0.2) is 27.9 Å². The van der Waals surface area contributed by atoms with E-state index in [0.717, 1.165) is 12.8 Å². The van der Waals surface area contributed by atoms with Crippen molar-refractivity contribution in [1.29, 1.82) is 0 Å². The maximum atomic E-state index is 11.6. The summed E-state index contributed by atoms with van der Waals surface area (Å²) in [6, 6.07) is 0.0138. The van der Waals surface area contributed by atoms with Crippen molar-refractivity contribution < 1.29 is 14.7 Å². The average molecular weight is 225 g/mol. The van der Waals surface area contributed by atoms with Crippen LogP contribution >= 0.6 is 0 Å². The Labute approximate surface area is 95.9 Å². The Morgan fingerprint density at radius 3 is 2.25 bits per heavy atom. The van der Waals surface area contributed by atoms with E-state index in [0.29, 0.717) is 24.1 Å². The maximum absolute atomic E-state index is 11.6. The maximum Gasteiger partial charge on any atom is 0.333 e. The van der Waals surface area contributed by atoms with Gasteiger partial charge in [0.15, 0.2) is 0 Å². The van der Waals surface area contributed by atoms with Gasteiger partial charge in [-0.15, -0.1) is 0 Å². The molecule has 0 fully saturated rings. The molecular weight excluding hydrogens is 206 g/mol. The smallest absolute Gasteiger partial charge is 0.333 e. The second kappa shape index (κ2) is 5.14. The van der Waals surface area contributed by atoms with Gasteiger partial charge in [0, 0.05) is 18.7 Å². The van der Waals surface area contributed by atoms with E-state index >= 15 is 0 Å². The SMILES string of the molecule is CC(=O)N(C1=C(C(=O)O)CCCC1)C(C)C. The van der Waals surface area contributed by atoms with Crippen LogP contribution in [0.25, 0.3) is 0 Å². The minimum atomic E-state index is -0.887. The molecule has 4 nitrogen and oxygen atoms in total. The van der Waals surface area contributed by atoms with Crippen LogP contribution in [0.1, 0.15) is 46.5 Å². The Morgan fingerprint density at radius 1 is 1.25 bits per heavy atom. The Bertz CT molecular complexity index is 331. The molecule has 0 bridgehead atoms. The molecule has 0 unspecified atom stereocenters. The van der Waals surface area contributed by atoms with Crippen molar-refractivity contribution in [3.8, 4) is 0 Å². The lowest BCUT2D eigenvalue weighted by Crippen LogP contribution is -2.36. The molecule has 0 aromatic carbocycles. The number of rotatable bonds is 3. The average Bonchev–Trinajstić information content (AvgIpc) is 2.17. The summed E-state index contributed by atoms with van der Waals surface area (Å²) in [4.78, 5) is 24.3. The van der Waals surface area contributed by atoms with Crippen molar-refractivity contribution in [1.82, 2.24) is 4.90 Å².